The molecule has 1 unspecified atom stereocenters. The zero-order chi connectivity index (χ0) is 10.1. The third-order valence-electron chi connectivity index (χ3n) is 1.95. The van der Waals surface area contributed by atoms with Crippen molar-refractivity contribution in [3.63, 3.8) is 0 Å². The molecule has 0 aromatic carbocycles. The van der Waals surface area contributed by atoms with Crippen LogP contribution < -0.4 is 5.32 Å². The number of hydrogen-bond donors (Lipinski definition) is 2. The van der Waals surface area contributed by atoms with Gasteiger partial charge < -0.3 is 10.4 Å². The third kappa shape index (κ3) is 2.34. The Morgan fingerprint density at radius 1 is 1.54 bits per heavy atom. The molecule has 0 spiro atoms. The number of dihydropyridines is 1. The van der Waals surface area contributed by atoms with Crippen LogP contribution in [0, 0.1) is 5.41 Å². The second-order valence-electron chi connectivity index (χ2n) is 4.18. The first kappa shape index (κ1) is 9.84. The molecule has 3 nitrogen and oxygen atoms in total. The second-order valence-corrected chi connectivity index (χ2v) is 4.18. The summed E-state index contributed by atoms with van der Waals surface area (Å²) in [5.74, 6) is -0.842. The first-order valence-corrected chi connectivity index (χ1v) is 4.29. The van der Waals surface area contributed by atoms with Gasteiger partial charge in [0.15, 0.2) is 0 Å². The maximum absolute atomic E-state index is 10.7. The minimum absolute atomic E-state index is 0.0293. The Kier molecular flexibility index (Phi) is 2.45. The van der Waals surface area contributed by atoms with Crippen LogP contribution in [0.1, 0.15) is 20.8 Å². The maximum Gasteiger partial charge on any atom is 0.330 e. The minimum atomic E-state index is -0.842. The lowest BCUT2D eigenvalue weighted by molar-refractivity contribution is -0.138. The van der Waals surface area contributed by atoms with E-state index in [9.17, 15) is 4.79 Å². The highest BCUT2D eigenvalue weighted by atomic mass is 16.4. The highest BCUT2D eigenvalue weighted by molar-refractivity contribution is 5.76. The van der Waals surface area contributed by atoms with Gasteiger partial charge in [-0.05, 0) is 6.08 Å². The Morgan fingerprint density at radius 2 is 2.15 bits per heavy atom. The van der Waals surface area contributed by atoms with Crippen molar-refractivity contribution in [2.75, 3.05) is 0 Å². The highest BCUT2D eigenvalue weighted by Gasteiger charge is 2.23. The Morgan fingerprint density at radius 3 is 2.62 bits per heavy atom. The smallest absolute Gasteiger partial charge is 0.330 e. The molecule has 2 N–H and O–H groups in total. The molecule has 72 valence electrons. The number of aliphatic carboxylic acids is 1. The zero-order valence-corrected chi connectivity index (χ0v) is 8.16. The molecule has 0 aromatic rings. The van der Waals surface area contributed by atoms with Crippen molar-refractivity contribution in [3.05, 3.63) is 23.9 Å². The van der Waals surface area contributed by atoms with Gasteiger partial charge >= 0.3 is 5.97 Å². The topological polar surface area (TPSA) is 49.3 Å². The van der Waals surface area contributed by atoms with Crippen LogP contribution in [0.3, 0.4) is 0 Å². The van der Waals surface area contributed by atoms with Gasteiger partial charge in [-0.25, -0.2) is 4.79 Å². The lowest BCUT2D eigenvalue weighted by Crippen LogP contribution is -2.39. The van der Waals surface area contributed by atoms with Crippen molar-refractivity contribution >= 4 is 5.97 Å². The molecular formula is C10H15NO2. The lowest BCUT2D eigenvalue weighted by atomic mass is 9.90. The fourth-order valence-corrected chi connectivity index (χ4v) is 1.14. The number of carbonyl (C=O) groups is 1. The molecule has 1 atom stereocenters. The molecule has 0 saturated carbocycles. The molecule has 0 radical (unpaired) electrons. The van der Waals surface area contributed by atoms with Gasteiger partial charge in [0.2, 0.25) is 0 Å². The van der Waals surface area contributed by atoms with Crippen LogP contribution in [0.5, 0.6) is 0 Å². The monoisotopic (exact) mass is 181 g/mol. The van der Waals surface area contributed by atoms with E-state index in [0.717, 1.165) is 5.70 Å². The van der Waals surface area contributed by atoms with E-state index in [-0.39, 0.29) is 5.41 Å². The van der Waals surface area contributed by atoms with Crippen molar-refractivity contribution in [2.45, 2.75) is 26.8 Å². The van der Waals surface area contributed by atoms with E-state index < -0.39 is 12.0 Å². The van der Waals surface area contributed by atoms with E-state index in [2.05, 4.69) is 5.32 Å². The summed E-state index contributed by atoms with van der Waals surface area (Å²) < 4.78 is 0. The molecule has 0 bridgehead atoms. The van der Waals surface area contributed by atoms with Gasteiger partial charge in [0, 0.05) is 11.1 Å². The van der Waals surface area contributed by atoms with Gasteiger partial charge in [-0.15, -0.1) is 0 Å². The largest absolute Gasteiger partial charge is 0.479 e. The summed E-state index contributed by atoms with van der Waals surface area (Å²) in [6.07, 6.45) is 5.34. The Labute approximate surface area is 78.1 Å². The molecule has 0 fully saturated rings. The second kappa shape index (κ2) is 3.24. The van der Waals surface area contributed by atoms with E-state index in [1.54, 1.807) is 12.2 Å². The number of nitrogens with one attached hydrogen (secondary N) is 1. The zero-order valence-electron chi connectivity index (χ0n) is 8.16. The number of carboxylic acid groups (broad SMARTS) is 1. The number of rotatable bonds is 1. The van der Waals surface area contributed by atoms with Gasteiger partial charge in [-0.3, -0.25) is 0 Å². The Hall–Kier alpha value is -1.25. The van der Waals surface area contributed by atoms with Crippen LogP contribution in [0.25, 0.3) is 0 Å². The summed E-state index contributed by atoms with van der Waals surface area (Å²) in [7, 11) is 0. The summed E-state index contributed by atoms with van der Waals surface area (Å²) >= 11 is 0. The van der Waals surface area contributed by atoms with Crippen molar-refractivity contribution in [3.8, 4) is 0 Å². The van der Waals surface area contributed by atoms with Gasteiger partial charge in [-0.2, -0.15) is 0 Å². The normalized spacial score (nSPS) is 22.1. The Balaban J connectivity index is 2.78. The standard InChI is InChI=1S/C10H15NO2/c1-10(2,3)8-6-4-5-7(11-8)9(12)13/h4-7,11H,1-3H3,(H,12,13). The maximum atomic E-state index is 10.7. The van der Waals surface area contributed by atoms with Gasteiger partial charge in [0.05, 0.1) is 0 Å². The van der Waals surface area contributed by atoms with Crippen LogP contribution in [0.4, 0.5) is 0 Å². The quantitative estimate of drug-likeness (QED) is 0.645. The van der Waals surface area contributed by atoms with Crippen molar-refractivity contribution < 1.29 is 9.90 Å². The van der Waals surface area contributed by atoms with Gasteiger partial charge in [-0.1, -0.05) is 32.9 Å². The number of allylic oxidation sites excluding steroid dienone is 3. The SMILES string of the molecule is CC(C)(C)C1=CC=CC(C(=O)O)N1. The van der Waals surface area contributed by atoms with Crippen molar-refractivity contribution in [2.24, 2.45) is 5.41 Å². The number of hydrogen-bond acceptors (Lipinski definition) is 2. The fraction of sp³-hybridized carbons (Fsp3) is 0.500. The predicted octanol–water partition coefficient (Wildman–Crippen LogP) is 1.53. The van der Waals surface area contributed by atoms with Crippen LogP contribution in [-0.2, 0) is 4.79 Å². The molecule has 0 saturated heterocycles. The first-order chi connectivity index (χ1) is 5.91. The van der Waals surface area contributed by atoms with E-state index >= 15 is 0 Å². The molecule has 1 aliphatic heterocycles. The molecule has 13 heavy (non-hydrogen) atoms. The van der Waals surface area contributed by atoms with Crippen LogP contribution >= 0.6 is 0 Å². The average Bonchev–Trinajstić information content (AvgIpc) is 2.03. The molecule has 1 rings (SSSR count). The van der Waals surface area contributed by atoms with Crippen molar-refractivity contribution in [1.29, 1.82) is 0 Å². The van der Waals surface area contributed by atoms with Crippen molar-refractivity contribution in [1.82, 2.24) is 5.32 Å². The predicted molar refractivity (Wildman–Crippen MR) is 51.2 cm³/mol. The van der Waals surface area contributed by atoms with Crippen LogP contribution in [0.15, 0.2) is 23.9 Å². The van der Waals surface area contributed by atoms with Gasteiger partial charge in [0.1, 0.15) is 6.04 Å². The summed E-state index contributed by atoms with van der Waals surface area (Å²) in [6.45, 7) is 6.14. The van der Waals surface area contributed by atoms with Gasteiger partial charge in [0.25, 0.3) is 0 Å². The van der Waals surface area contributed by atoms with E-state index in [1.807, 2.05) is 26.8 Å². The Bertz CT molecular complexity index is 271. The van der Waals surface area contributed by atoms with Crippen LogP contribution in [-0.4, -0.2) is 17.1 Å². The molecular weight excluding hydrogens is 166 g/mol. The average molecular weight is 181 g/mol. The molecule has 0 aliphatic carbocycles. The minimum Gasteiger partial charge on any atom is -0.479 e. The molecule has 0 aromatic heterocycles. The fourth-order valence-electron chi connectivity index (χ4n) is 1.14. The third-order valence-corrected chi connectivity index (χ3v) is 1.95. The summed E-state index contributed by atoms with van der Waals surface area (Å²) in [6, 6.07) is -0.584. The van der Waals surface area contributed by atoms with E-state index in [0.29, 0.717) is 0 Å². The van der Waals surface area contributed by atoms with Crippen LogP contribution in [0.2, 0.25) is 0 Å². The summed E-state index contributed by atoms with van der Waals surface area (Å²) in [4.78, 5) is 10.7. The molecule has 1 heterocycles. The number of carboxylic acids is 1. The van der Waals surface area contributed by atoms with E-state index in [1.165, 1.54) is 0 Å². The summed E-state index contributed by atoms with van der Waals surface area (Å²) in [5, 5.41) is 11.7. The molecule has 3 heteroatoms. The molecule has 1 aliphatic rings. The molecule has 0 amide bonds. The highest BCUT2D eigenvalue weighted by Crippen LogP contribution is 2.24. The summed E-state index contributed by atoms with van der Waals surface area (Å²) in [5.41, 5.74) is 0.931. The first-order valence-electron chi connectivity index (χ1n) is 4.29. The lowest BCUT2D eigenvalue weighted by Gasteiger charge is -2.28. The van der Waals surface area contributed by atoms with E-state index in [4.69, 9.17) is 5.11 Å².